The maximum Gasteiger partial charge on any atom is 0.103 e. The van der Waals surface area contributed by atoms with Crippen LogP contribution in [0.3, 0.4) is 0 Å². The number of hydrogen-bond donors (Lipinski definition) is 1. The summed E-state index contributed by atoms with van der Waals surface area (Å²) < 4.78 is 5.38. The second kappa shape index (κ2) is 9.46. The Kier molecular flexibility index (Phi) is 6.51. The fourth-order valence-corrected chi connectivity index (χ4v) is 3.84. The Bertz CT molecular complexity index is 1130. The highest BCUT2D eigenvalue weighted by atomic mass is 35.5. The first-order chi connectivity index (χ1) is 14.6. The molecule has 0 amide bonds. The quantitative estimate of drug-likeness (QED) is 0.569. The molecule has 30 heavy (non-hydrogen) atoms. The Morgan fingerprint density at radius 3 is 2.77 bits per heavy atom. The predicted octanol–water partition coefficient (Wildman–Crippen LogP) is 5.50. The minimum atomic E-state index is 0.448. The van der Waals surface area contributed by atoms with Gasteiger partial charge >= 0.3 is 0 Å². The topological polar surface area (TPSA) is 61.2 Å². The van der Waals surface area contributed by atoms with Crippen LogP contribution in [-0.4, -0.2) is 42.7 Å². The number of hydrogen-bond acceptors (Lipinski definition) is 5. The molecule has 1 aliphatic rings. The number of ether oxygens (including phenoxy) is 1. The van der Waals surface area contributed by atoms with E-state index in [1.165, 1.54) is 0 Å². The van der Waals surface area contributed by atoms with Crippen LogP contribution in [0, 0.1) is 11.3 Å². The monoisotopic (exact) mass is 438 g/mol. The van der Waals surface area contributed by atoms with Gasteiger partial charge in [-0.3, -0.25) is 9.88 Å². The first-order valence-electron chi connectivity index (χ1n) is 9.65. The van der Waals surface area contributed by atoms with E-state index >= 15 is 0 Å². The summed E-state index contributed by atoms with van der Waals surface area (Å²) in [5.74, 6) is 0. The first kappa shape index (κ1) is 20.6. The van der Waals surface area contributed by atoms with Crippen molar-refractivity contribution in [2.24, 2.45) is 0 Å². The first-order valence-corrected chi connectivity index (χ1v) is 10.4. The van der Waals surface area contributed by atoms with Crippen molar-refractivity contribution in [2.75, 3.05) is 38.2 Å². The van der Waals surface area contributed by atoms with Crippen molar-refractivity contribution in [3.8, 4) is 6.07 Å². The smallest absolute Gasteiger partial charge is 0.103 e. The average Bonchev–Trinajstić information content (AvgIpc) is 2.76. The molecule has 0 spiro atoms. The number of nitriles is 1. The second-order valence-electron chi connectivity index (χ2n) is 7.00. The lowest BCUT2D eigenvalue weighted by Gasteiger charge is -2.25. The van der Waals surface area contributed by atoms with Crippen LogP contribution in [0.1, 0.15) is 11.1 Å². The lowest BCUT2D eigenvalue weighted by atomic mass is 10.1. The Morgan fingerprint density at radius 2 is 2.00 bits per heavy atom. The van der Waals surface area contributed by atoms with Crippen LogP contribution in [0.25, 0.3) is 17.0 Å². The van der Waals surface area contributed by atoms with Crippen molar-refractivity contribution < 1.29 is 4.74 Å². The number of pyridine rings is 1. The van der Waals surface area contributed by atoms with Crippen LogP contribution >= 0.6 is 23.2 Å². The maximum absolute atomic E-state index is 9.56. The third-order valence-corrected chi connectivity index (χ3v) is 5.53. The van der Waals surface area contributed by atoms with E-state index in [9.17, 15) is 5.26 Å². The van der Waals surface area contributed by atoms with E-state index in [0.29, 0.717) is 27.0 Å². The molecule has 3 aromatic rings. The summed E-state index contributed by atoms with van der Waals surface area (Å²) in [4.78, 5) is 6.83. The zero-order chi connectivity index (χ0) is 20.9. The summed E-state index contributed by atoms with van der Waals surface area (Å²) in [6.07, 6.45) is 5.83. The SMILES string of the molecule is N#Cc1cnc2cc(C=CCN3CCOCC3)ccc2c1Nc1ccc(Cl)cc1Cl. The molecule has 7 heteroatoms. The molecule has 152 valence electrons. The number of halogens is 2. The van der Waals surface area contributed by atoms with Crippen LogP contribution < -0.4 is 5.32 Å². The third kappa shape index (κ3) is 4.75. The van der Waals surface area contributed by atoms with Gasteiger partial charge in [-0.2, -0.15) is 5.26 Å². The Morgan fingerprint density at radius 1 is 1.17 bits per heavy atom. The molecular formula is C23H20Cl2N4O. The second-order valence-corrected chi connectivity index (χ2v) is 7.84. The molecule has 0 radical (unpaired) electrons. The van der Waals surface area contributed by atoms with Gasteiger partial charge in [0.05, 0.1) is 40.7 Å². The third-order valence-electron chi connectivity index (χ3n) is 4.98. The molecule has 0 saturated carbocycles. The van der Waals surface area contributed by atoms with Crippen LogP contribution in [0.15, 0.2) is 48.7 Å². The van der Waals surface area contributed by atoms with Crippen LogP contribution in [0.4, 0.5) is 11.4 Å². The summed E-state index contributed by atoms with van der Waals surface area (Å²) in [6.45, 7) is 4.40. The highest BCUT2D eigenvalue weighted by Crippen LogP contribution is 2.33. The summed E-state index contributed by atoms with van der Waals surface area (Å²) >= 11 is 12.3. The summed E-state index contributed by atoms with van der Waals surface area (Å²) in [5, 5.41) is 14.7. The number of fused-ring (bicyclic) bond motifs is 1. The molecule has 4 rings (SSSR count). The zero-order valence-electron chi connectivity index (χ0n) is 16.2. The van der Waals surface area contributed by atoms with E-state index in [1.807, 2.05) is 18.2 Å². The average molecular weight is 439 g/mol. The standard InChI is InChI=1S/C23H20Cl2N4O/c24-18-4-6-21(20(25)13-18)28-23-17(14-26)15-27-22-12-16(3-5-19(22)23)2-1-7-29-8-10-30-11-9-29/h1-6,12-13,15H,7-11H2,(H,27,28). The maximum atomic E-state index is 9.56. The molecule has 2 heterocycles. The molecule has 1 N–H and O–H groups in total. The molecule has 0 aliphatic carbocycles. The molecule has 1 aliphatic heterocycles. The zero-order valence-corrected chi connectivity index (χ0v) is 17.7. The van der Waals surface area contributed by atoms with Crippen molar-refractivity contribution in [1.82, 2.24) is 9.88 Å². The van der Waals surface area contributed by atoms with Gasteiger partial charge < -0.3 is 10.1 Å². The van der Waals surface area contributed by atoms with Gasteiger partial charge in [-0.05, 0) is 29.8 Å². The number of aromatic nitrogens is 1. The van der Waals surface area contributed by atoms with Crippen LogP contribution in [0.5, 0.6) is 0 Å². The van der Waals surface area contributed by atoms with E-state index < -0.39 is 0 Å². The highest BCUT2D eigenvalue weighted by Gasteiger charge is 2.12. The number of anilines is 2. The molecule has 0 unspecified atom stereocenters. The van der Waals surface area contributed by atoms with Gasteiger partial charge in [0, 0.05) is 36.2 Å². The van der Waals surface area contributed by atoms with Gasteiger partial charge in [0.25, 0.3) is 0 Å². The van der Waals surface area contributed by atoms with Crippen molar-refractivity contribution in [3.05, 3.63) is 69.8 Å². The number of nitrogens with one attached hydrogen (secondary N) is 1. The van der Waals surface area contributed by atoms with E-state index in [1.54, 1.807) is 24.4 Å². The normalized spacial score (nSPS) is 14.8. The van der Waals surface area contributed by atoms with E-state index in [-0.39, 0.29) is 0 Å². The lowest BCUT2D eigenvalue weighted by Crippen LogP contribution is -2.36. The minimum absolute atomic E-state index is 0.448. The summed E-state index contributed by atoms with van der Waals surface area (Å²) in [6, 6.07) is 13.4. The molecule has 0 bridgehead atoms. The van der Waals surface area contributed by atoms with Crippen molar-refractivity contribution in [2.45, 2.75) is 0 Å². The Hall–Kier alpha value is -2.62. The van der Waals surface area contributed by atoms with Crippen LogP contribution in [0.2, 0.25) is 10.0 Å². The lowest BCUT2D eigenvalue weighted by molar-refractivity contribution is 0.0435. The molecule has 0 atom stereocenters. The molecule has 5 nitrogen and oxygen atoms in total. The number of benzene rings is 2. The van der Waals surface area contributed by atoms with Gasteiger partial charge in [0.1, 0.15) is 6.07 Å². The van der Waals surface area contributed by atoms with Gasteiger partial charge in [-0.1, -0.05) is 47.5 Å². The van der Waals surface area contributed by atoms with E-state index in [4.69, 9.17) is 27.9 Å². The fraction of sp³-hybridized carbons (Fsp3) is 0.217. The molecular weight excluding hydrogens is 419 g/mol. The van der Waals surface area contributed by atoms with Gasteiger partial charge in [-0.25, -0.2) is 0 Å². The van der Waals surface area contributed by atoms with E-state index in [2.05, 4.69) is 33.4 Å². The Balaban J connectivity index is 1.61. The summed E-state index contributed by atoms with van der Waals surface area (Å²) in [7, 11) is 0. The van der Waals surface area contributed by atoms with Gasteiger partial charge in [0.15, 0.2) is 0 Å². The fourth-order valence-electron chi connectivity index (χ4n) is 3.38. The molecule has 1 aromatic heterocycles. The minimum Gasteiger partial charge on any atom is -0.379 e. The molecule has 2 aromatic carbocycles. The highest BCUT2D eigenvalue weighted by molar-refractivity contribution is 6.36. The molecule has 1 saturated heterocycles. The van der Waals surface area contributed by atoms with Gasteiger partial charge in [0.2, 0.25) is 0 Å². The largest absolute Gasteiger partial charge is 0.379 e. The van der Waals surface area contributed by atoms with Gasteiger partial charge in [-0.15, -0.1) is 0 Å². The van der Waals surface area contributed by atoms with Crippen molar-refractivity contribution in [1.29, 1.82) is 5.26 Å². The number of nitrogens with zero attached hydrogens (tertiary/aromatic N) is 3. The predicted molar refractivity (Wildman–Crippen MR) is 122 cm³/mol. The summed E-state index contributed by atoms with van der Waals surface area (Å²) in [5.41, 5.74) is 3.66. The van der Waals surface area contributed by atoms with Crippen LogP contribution in [-0.2, 0) is 4.74 Å². The number of morpholine rings is 1. The van der Waals surface area contributed by atoms with Crippen molar-refractivity contribution >= 4 is 51.6 Å². The van der Waals surface area contributed by atoms with E-state index in [0.717, 1.165) is 49.3 Å². The van der Waals surface area contributed by atoms with Crippen molar-refractivity contribution in [3.63, 3.8) is 0 Å². The molecule has 1 fully saturated rings. The number of rotatable bonds is 5. The Labute approximate surface area is 185 Å².